The number of hydrogen-bond acceptors (Lipinski definition) is 4. The van der Waals surface area contributed by atoms with Gasteiger partial charge >= 0.3 is 0 Å². The second-order valence-corrected chi connectivity index (χ2v) is 5.31. The van der Waals surface area contributed by atoms with E-state index in [-0.39, 0.29) is 12.4 Å². The van der Waals surface area contributed by atoms with Gasteiger partial charge in [0, 0.05) is 5.56 Å². The van der Waals surface area contributed by atoms with Gasteiger partial charge in [0.15, 0.2) is 0 Å². The summed E-state index contributed by atoms with van der Waals surface area (Å²) in [6.45, 7) is 1.98. The van der Waals surface area contributed by atoms with Crippen LogP contribution in [0.3, 0.4) is 0 Å². The molecule has 3 rings (SSSR count). The number of nitrogens with zero attached hydrogens (tertiary/aromatic N) is 1. The summed E-state index contributed by atoms with van der Waals surface area (Å²) in [5.74, 6) is -0.245. The summed E-state index contributed by atoms with van der Waals surface area (Å²) in [7, 11) is 0. The van der Waals surface area contributed by atoms with Gasteiger partial charge in [-0.25, -0.2) is 9.37 Å². The minimum Gasteiger partial charge on any atom is -0.486 e. The Labute approximate surface area is 137 Å². The Kier molecular flexibility index (Phi) is 4.29. The average molecular weight is 326 g/mol. The van der Waals surface area contributed by atoms with Crippen molar-refractivity contribution in [2.75, 3.05) is 0 Å². The van der Waals surface area contributed by atoms with Crippen LogP contribution in [-0.2, 0) is 6.61 Å². The van der Waals surface area contributed by atoms with E-state index in [1.54, 1.807) is 30.3 Å². The molecule has 0 saturated carbocycles. The molecule has 1 aromatic heterocycles. The topological polar surface area (TPSA) is 78.4 Å². The average Bonchev–Trinajstić information content (AvgIpc) is 3.01. The molecule has 3 aromatic rings. The maximum atomic E-state index is 13.2. The summed E-state index contributed by atoms with van der Waals surface area (Å²) in [5, 5.41) is 0. The maximum Gasteiger partial charge on any atom is 0.252 e. The van der Waals surface area contributed by atoms with Gasteiger partial charge in [-0.05, 0) is 42.8 Å². The molecular formula is C18H15FN2O3. The first-order valence-corrected chi connectivity index (χ1v) is 7.26. The predicted molar refractivity (Wildman–Crippen MR) is 85.9 cm³/mol. The fourth-order valence-electron chi connectivity index (χ4n) is 2.23. The number of amides is 1. The molecule has 122 valence electrons. The van der Waals surface area contributed by atoms with E-state index < -0.39 is 5.91 Å². The fourth-order valence-corrected chi connectivity index (χ4v) is 2.23. The molecule has 1 heterocycles. The molecule has 5 nitrogen and oxygen atoms in total. The summed E-state index contributed by atoms with van der Waals surface area (Å²) >= 11 is 0. The lowest BCUT2D eigenvalue weighted by Gasteiger charge is -2.09. The van der Waals surface area contributed by atoms with Crippen molar-refractivity contribution < 1.29 is 18.3 Å². The normalized spacial score (nSPS) is 10.6. The molecule has 2 aromatic carbocycles. The van der Waals surface area contributed by atoms with Crippen molar-refractivity contribution in [2.45, 2.75) is 13.5 Å². The molecule has 0 radical (unpaired) electrons. The molecule has 2 N–H and O–H groups in total. The first-order chi connectivity index (χ1) is 11.5. The van der Waals surface area contributed by atoms with Gasteiger partial charge in [-0.15, -0.1) is 0 Å². The van der Waals surface area contributed by atoms with Gasteiger partial charge in [-0.1, -0.05) is 12.1 Å². The van der Waals surface area contributed by atoms with E-state index in [4.69, 9.17) is 14.9 Å². The monoisotopic (exact) mass is 326 g/mol. The van der Waals surface area contributed by atoms with Crippen molar-refractivity contribution in [1.29, 1.82) is 0 Å². The van der Waals surface area contributed by atoms with Crippen LogP contribution >= 0.6 is 0 Å². The number of aromatic nitrogens is 1. The van der Waals surface area contributed by atoms with E-state index in [0.29, 0.717) is 28.5 Å². The Bertz CT molecular complexity index is 889. The first kappa shape index (κ1) is 15.7. The Morgan fingerprint density at radius 1 is 1.29 bits per heavy atom. The smallest absolute Gasteiger partial charge is 0.252 e. The van der Waals surface area contributed by atoms with Crippen LogP contribution in [0.5, 0.6) is 5.75 Å². The van der Waals surface area contributed by atoms with Gasteiger partial charge in [-0.2, -0.15) is 0 Å². The quantitative estimate of drug-likeness (QED) is 0.779. The third-order valence-electron chi connectivity index (χ3n) is 3.40. The maximum absolute atomic E-state index is 13.2. The van der Waals surface area contributed by atoms with E-state index in [1.807, 2.05) is 6.92 Å². The Balaban J connectivity index is 1.77. The molecule has 0 saturated heterocycles. The second kappa shape index (κ2) is 6.54. The number of rotatable bonds is 5. The Hall–Kier alpha value is -3.15. The number of nitrogens with two attached hydrogens (primary N) is 1. The summed E-state index contributed by atoms with van der Waals surface area (Å²) in [6, 6.07) is 11.1. The van der Waals surface area contributed by atoms with Crippen LogP contribution in [0.15, 0.2) is 53.1 Å². The van der Waals surface area contributed by atoms with Gasteiger partial charge in [0.2, 0.25) is 5.89 Å². The summed E-state index contributed by atoms with van der Waals surface area (Å²) < 4.78 is 24.2. The van der Waals surface area contributed by atoms with Crippen LogP contribution in [0, 0.1) is 12.7 Å². The number of ether oxygens (including phenoxy) is 1. The highest BCUT2D eigenvalue weighted by atomic mass is 19.1. The third-order valence-corrected chi connectivity index (χ3v) is 3.40. The number of benzene rings is 2. The predicted octanol–water partition coefficient (Wildman–Crippen LogP) is 3.47. The van der Waals surface area contributed by atoms with Crippen molar-refractivity contribution in [3.05, 3.63) is 71.4 Å². The largest absolute Gasteiger partial charge is 0.486 e. The molecule has 0 aliphatic carbocycles. The molecule has 0 aliphatic rings. The van der Waals surface area contributed by atoms with Crippen molar-refractivity contribution in [3.8, 4) is 17.2 Å². The van der Waals surface area contributed by atoms with Gasteiger partial charge in [0.25, 0.3) is 5.91 Å². The van der Waals surface area contributed by atoms with Gasteiger partial charge in [-0.3, -0.25) is 4.79 Å². The molecule has 0 fully saturated rings. The molecule has 1 amide bonds. The minimum atomic E-state index is -0.564. The van der Waals surface area contributed by atoms with Crippen molar-refractivity contribution >= 4 is 5.91 Å². The summed E-state index contributed by atoms with van der Waals surface area (Å²) in [5.41, 5.74) is 7.64. The van der Waals surface area contributed by atoms with E-state index in [9.17, 15) is 9.18 Å². The van der Waals surface area contributed by atoms with Crippen molar-refractivity contribution in [1.82, 2.24) is 4.98 Å². The molecule has 24 heavy (non-hydrogen) atoms. The zero-order valence-corrected chi connectivity index (χ0v) is 13.0. The van der Waals surface area contributed by atoms with Gasteiger partial charge < -0.3 is 14.9 Å². The molecule has 0 bridgehead atoms. The van der Waals surface area contributed by atoms with Crippen LogP contribution in [-0.4, -0.2) is 10.9 Å². The minimum absolute atomic E-state index is 0.0998. The third kappa shape index (κ3) is 3.43. The number of hydrogen-bond donors (Lipinski definition) is 1. The molecule has 0 aliphatic heterocycles. The van der Waals surface area contributed by atoms with Gasteiger partial charge in [0.1, 0.15) is 30.1 Å². The van der Waals surface area contributed by atoms with Crippen LogP contribution in [0.1, 0.15) is 21.6 Å². The van der Waals surface area contributed by atoms with Crippen LogP contribution in [0.25, 0.3) is 11.5 Å². The lowest BCUT2D eigenvalue weighted by atomic mass is 10.1. The highest BCUT2D eigenvalue weighted by Crippen LogP contribution is 2.23. The van der Waals surface area contributed by atoms with Crippen LogP contribution in [0.4, 0.5) is 4.39 Å². The Morgan fingerprint density at radius 3 is 2.88 bits per heavy atom. The number of primary amides is 1. The first-order valence-electron chi connectivity index (χ1n) is 7.26. The van der Waals surface area contributed by atoms with E-state index in [1.165, 1.54) is 18.4 Å². The van der Waals surface area contributed by atoms with Crippen LogP contribution < -0.4 is 10.5 Å². The lowest BCUT2D eigenvalue weighted by molar-refractivity contribution is 0.0996. The number of carbonyl (C=O) groups is 1. The number of oxazole rings is 1. The SMILES string of the molecule is Cc1ccc(C(N)=O)c(OCc2coc(-c3cccc(F)c3)n2)c1. The molecule has 0 atom stereocenters. The summed E-state index contributed by atoms with van der Waals surface area (Å²) in [6.07, 6.45) is 1.43. The molecule has 6 heteroatoms. The second-order valence-electron chi connectivity index (χ2n) is 5.31. The van der Waals surface area contributed by atoms with E-state index >= 15 is 0 Å². The Morgan fingerprint density at radius 2 is 2.12 bits per heavy atom. The molecule has 0 spiro atoms. The summed E-state index contributed by atoms with van der Waals surface area (Å²) in [4.78, 5) is 15.7. The zero-order chi connectivity index (χ0) is 17.1. The van der Waals surface area contributed by atoms with Crippen LogP contribution in [0.2, 0.25) is 0 Å². The van der Waals surface area contributed by atoms with Gasteiger partial charge in [0.05, 0.1) is 5.56 Å². The molecular weight excluding hydrogens is 311 g/mol. The van der Waals surface area contributed by atoms with E-state index in [2.05, 4.69) is 4.98 Å². The highest BCUT2D eigenvalue weighted by molar-refractivity contribution is 5.95. The molecule has 0 unspecified atom stereocenters. The van der Waals surface area contributed by atoms with Crippen molar-refractivity contribution in [2.24, 2.45) is 5.73 Å². The number of halogens is 1. The zero-order valence-electron chi connectivity index (χ0n) is 13.0. The van der Waals surface area contributed by atoms with E-state index in [0.717, 1.165) is 5.56 Å². The lowest BCUT2D eigenvalue weighted by Crippen LogP contribution is -2.13. The number of aryl methyl sites for hydroxylation is 1. The number of carbonyl (C=O) groups excluding carboxylic acids is 1. The fraction of sp³-hybridized carbons (Fsp3) is 0.111. The highest BCUT2D eigenvalue weighted by Gasteiger charge is 2.12. The van der Waals surface area contributed by atoms with Crippen molar-refractivity contribution in [3.63, 3.8) is 0 Å². The standard InChI is InChI=1S/C18H15FN2O3/c1-11-5-6-15(17(20)22)16(7-11)23-9-14-10-24-18(21-14)12-3-2-4-13(19)8-12/h2-8,10H,9H2,1H3,(H2,20,22).